The zero-order valence-corrected chi connectivity index (χ0v) is 6.84. The molecular formula is C9H15N2+. The first-order valence-corrected chi connectivity index (χ1v) is 4.50. The first-order chi connectivity index (χ1) is 5.47. The highest BCUT2D eigenvalue weighted by Gasteiger charge is 2.17. The Kier molecular flexibility index (Phi) is 1.93. The molecule has 0 saturated heterocycles. The second-order valence-electron chi connectivity index (χ2n) is 3.20. The molecule has 0 amide bonds. The second kappa shape index (κ2) is 3.07. The van der Waals surface area contributed by atoms with Crippen molar-refractivity contribution in [1.82, 2.24) is 5.43 Å². The smallest absolute Gasteiger partial charge is 0.198 e. The van der Waals surface area contributed by atoms with Gasteiger partial charge in [-0.15, -0.1) is 4.68 Å². The van der Waals surface area contributed by atoms with Gasteiger partial charge in [-0.3, -0.25) is 0 Å². The van der Waals surface area contributed by atoms with Gasteiger partial charge in [0.15, 0.2) is 6.54 Å². The van der Waals surface area contributed by atoms with Crippen molar-refractivity contribution in [3.05, 3.63) is 12.2 Å². The van der Waals surface area contributed by atoms with Crippen LogP contribution in [0, 0.1) is 0 Å². The van der Waals surface area contributed by atoms with Gasteiger partial charge in [-0.05, 0) is 12.8 Å². The van der Waals surface area contributed by atoms with Gasteiger partial charge in [0.05, 0.1) is 6.54 Å². The molecule has 0 aromatic heterocycles. The average Bonchev–Trinajstić information content (AvgIpc) is 2.28. The van der Waals surface area contributed by atoms with Crippen molar-refractivity contribution in [1.29, 1.82) is 0 Å². The van der Waals surface area contributed by atoms with Crippen molar-refractivity contribution < 1.29 is 4.68 Å². The third-order valence-electron chi connectivity index (χ3n) is 2.34. The zero-order chi connectivity index (χ0) is 7.52. The van der Waals surface area contributed by atoms with Crippen LogP contribution in [0.4, 0.5) is 0 Å². The normalized spacial score (nSPS) is 24.0. The molecule has 2 heterocycles. The van der Waals surface area contributed by atoms with E-state index in [0.29, 0.717) is 0 Å². The van der Waals surface area contributed by atoms with Gasteiger partial charge in [-0.1, -0.05) is 6.08 Å². The van der Waals surface area contributed by atoms with E-state index in [1.807, 2.05) is 0 Å². The molecule has 1 N–H and O–H groups in total. The molecule has 0 aromatic carbocycles. The maximum atomic E-state index is 3.43. The maximum absolute atomic E-state index is 3.43. The van der Waals surface area contributed by atoms with Crippen LogP contribution in [0.15, 0.2) is 12.2 Å². The molecule has 60 valence electrons. The van der Waals surface area contributed by atoms with Gasteiger partial charge in [0, 0.05) is 18.9 Å². The lowest BCUT2D eigenvalue weighted by molar-refractivity contribution is -0.587. The molecule has 0 saturated carbocycles. The van der Waals surface area contributed by atoms with Gasteiger partial charge in [0.2, 0.25) is 5.71 Å². The van der Waals surface area contributed by atoms with Gasteiger partial charge >= 0.3 is 0 Å². The molecular weight excluding hydrogens is 136 g/mol. The highest BCUT2D eigenvalue weighted by molar-refractivity contribution is 5.91. The van der Waals surface area contributed by atoms with Crippen molar-refractivity contribution >= 4 is 5.71 Å². The van der Waals surface area contributed by atoms with Crippen LogP contribution in [0.1, 0.15) is 25.7 Å². The Bertz CT molecular complexity index is 204. The summed E-state index contributed by atoms with van der Waals surface area (Å²) in [4.78, 5) is 0. The number of hydrazine groups is 1. The summed E-state index contributed by atoms with van der Waals surface area (Å²) in [6.45, 7) is 2.31. The van der Waals surface area contributed by atoms with Crippen molar-refractivity contribution in [3.8, 4) is 0 Å². The molecule has 11 heavy (non-hydrogen) atoms. The summed E-state index contributed by atoms with van der Waals surface area (Å²) in [7, 11) is 0. The lowest BCUT2D eigenvalue weighted by atomic mass is 10.1. The lowest BCUT2D eigenvalue weighted by Crippen LogP contribution is -2.34. The Labute approximate surface area is 67.6 Å². The van der Waals surface area contributed by atoms with Gasteiger partial charge < -0.3 is 0 Å². The van der Waals surface area contributed by atoms with E-state index in [4.69, 9.17) is 0 Å². The Morgan fingerprint density at radius 1 is 1.36 bits per heavy atom. The molecule has 0 radical (unpaired) electrons. The standard InChI is InChI=1S/C9H15N2/c1-3-7-10-11-8-4-2-6-9(11)5-1/h2,6,10H,1,3-5,7-8H2/q+1. The summed E-state index contributed by atoms with van der Waals surface area (Å²) in [6, 6.07) is 0. The Morgan fingerprint density at radius 3 is 3.36 bits per heavy atom. The van der Waals surface area contributed by atoms with Crippen LogP contribution in [-0.4, -0.2) is 23.5 Å². The summed E-state index contributed by atoms with van der Waals surface area (Å²) in [6.07, 6.45) is 9.64. The minimum atomic E-state index is 1.15. The van der Waals surface area contributed by atoms with Crippen LogP contribution in [-0.2, 0) is 0 Å². The van der Waals surface area contributed by atoms with E-state index >= 15 is 0 Å². The predicted octanol–water partition coefficient (Wildman–Crippen LogP) is 1.09. The van der Waals surface area contributed by atoms with Gasteiger partial charge in [0.1, 0.15) is 0 Å². The number of rotatable bonds is 0. The summed E-state index contributed by atoms with van der Waals surface area (Å²) in [5.74, 6) is 0. The van der Waals surface area contributed by atoms with Crippen LogP contribution in [0.25, 0.3) is 0 Å². The van der Waals surface area contributed by atoms with Crippen LogP contribution in [0.5, 0.6) is 0 Å². The predicted molar refractivity (Wildman–Crippen MR) is 45.7 cm³/mol. The summed E-state index contributed by atoms with van der Waals surface area (Å²) < 4.78 is 2.31. The fourth-order valence-electron chi connectivity index (χ4n) is 1.70. The maximum Gasteiger partial charge on any atom is 0.205 e. The minimum Gasteiger partial charge on any atom is -0.198 e. The molecule has 0 aliphatic carbocycles. The summed E-state index contributed by atoms with van der Waals surface area (Å²) in [5.41, 5.74) is 4.91. The Balaban J connectivity index is 2.17. The highest BCUT2D eigenvalue weighted by atomic mass is 15.4. The average molecular weight is 151 g/mol. The molecule has 0 bridgehead atoms. The molecule has 2 nitrogen and oxygen atoms in total. The van der Waals surface area contributed by atoms with Crippen LogP contribution < -0.4 is 5.43 Å². The van der Waals surface area contributed by atoms with E-state index in [9.17, 15) is 0 Å². The van der Waals surface area contributed by atoms with E-state index < -0.39 is 0 Å². The summed E-state index contributed by atoms with van der Waals surface area (Å²) in [5, 5.41) is 0. The summed E-state index contributed by atoms with van der Waals surface area (Å²) >= 11 is 0. The minimum absolute atomic E-state index is 1.15. The molecule has 0 spiro atoms. The van der Waals surface area contributed by atoms with Gasteiger partial charge in [-0.25, -0.2) is 0 Å². The number of allylic oxidation sites excluding steroid dienone is 1. The molecule has 2 aliphatic rings. The highest BCUT2D eigenvalue weighted by Crippen LogP contribution is 2.06. The Morgan fingerprint density at radius 2 is 2.36 bits per heavy atom. The SMILES string of the molecule is C1=CC2=[N+](CC1)NCCCC2. The largest absolute Gasteiger partial charge is 0.205 e. The van der Waals surface area contributed by atoms with Crippen LogP contribution in [0.3, 0.4) is 0 Å². The molecule has 2 aliphatic heterocycles. The third kappa shape index (κ3) is 1.44. The monoisotopic (exact) mass is 151 g/mol. The molecule has 2 rings (SSSR count). The number of hydrogen-bond acceptors (Lipinski definition) is 1. The second-order valence-corrected chi connectivity index (χ2v) is 3.20. The van der Waals surface area contributed by atoms with E-state index in [1.54, 1.807) is 0 Å². The fraction of sp³-hybridized carbons (Fsp3) is 0.667. The number of nitrogens with zero attached hydrogens (tertiary/aromatic N) is 1. The van der Waals surface area contributed by atoms with Crippen molar-refractivity contribution in [2.45, 2.75) is 25.7 Å². The van der Waals surface area contributed by atoms with Crippen LogP contribution >= 0.6 is 0 Å². The van der Waals surface area contributed by atoms with Crippen molar-refractivity contribution in [2.75, 3.05) is 13.1 Å². The quantitative estimate of drug-likeness (QED) is 0.512. The van der Waals surface area contributed by atoms with E-state index in [-0.39, 0.29) is 0 Å². The number of nitrogens with one attached hydrogen (secondary N) is 1. The van der Waals surface area contributed by atoms with Crippen LogP contribution in [0.2, 0.25) is 0 Å². The lowest BCUT2D eigenvalue weighted by Gasteiger charge is -2.06. The molecule has 0 fully saturated rings. The topological polar surface area (TPSA) is 15.0 Å². The molecule has 0 unspecified atom stereocenters. The van der Waals surface area contributed by atoms with E-state index in [1.165, 1.54) is 31.4 Å². The first-order valence-electron chi connectivity index (χ1n) is 4.50. The third-order valence-corrected chi connectivity index (χ3v) is 2.34. The number of hydrazone groups is 1. The molecule has 0 atom stereocenters. The van der Waals surface area contributed by atoms with Crippen molar-refractivity contribution in [2.24, 2.45) is 0 Å². The first kappa shape index (κ1) is 6.89. The van der Waals surface area contributed by atoms with E-state index in [0.717, 1.165) is 13.1 Å². The molecule has 0 aromatic rings. The fourth-order valence-corrected chi connectivity index (χ4v) is 1.70. The Hall–Kier alpha value is -0.790. The molecule has 2 heteroatoms. The van der Waals surface area contributed by atoms with E-state index in [2.05, 4.69) is 22.3 Å². The van der Waals surface area contributed by atoms with Crippen molar-refractivity contribution in [3.63, 3.8) is 0 Å². The van der Waals surface area contributed by atoms with Gasteiger partial charge in [0.25, 0.3) is 0 Å². The zero-order valence-electron chi connectivity index (χ0n) is 6.84. The number of hydrogen-bond donors (Lipinski definition) is 1. The van der Waals surface area contributed by atoms with Gasteiger partial charge in [-0.2, -0.15) is 5.43 Å².